The fourth-order valence-electron chi connectivity index (χ4n) is 5.18. The Hall–Kier alpha value is -4.85. The fraction of sp³-hybridized carbons (Fsp3) is 0.219. The van der Waals surface area contributed by atoms with Gasteiger partial charge in [-0.15, -0.1) is 0 Å². The molecule has 202 valence electrons. The highest BCUT2D eigenvalue weighted by atomic mass is 16.5. The molecule has 1 N–H and O–H groups in total. The van der Waals surface area contributed by atoms with Crippen molar-refractivity contribution in [2.45, 2.75) is 25.6 Å². The zero-order valence-corrected chi connectivity index (χ0v) is 22.2. The second-order valence-corrected chi connectivity index (χ2v) is 10.0. The molecule has 0 saturated carbocycles. The van der Waals surface area contributed by atoms with E-state index in [2.05, 4.69) is 18.2 Å². The first kappa shape index (κ1) is 25.4. The lowest BCUT2D eigenvalue weighted by molar-refractivity contribution is 0.155. The number of benzene rings is 3. The maximum atomic E-state index is 11.4. The predicted molar refractivity (Wildman–Crippen MR) is 152 cm³/mol. The quantitative estimate of drug-likeness (QED) is 0.253. The summed E-state index contributed by atoms with van der Waals surface area (Å²) in [4.78, 5) is 17.6. The highest BCUT2D eigenvalue weighted by Crippen LogP contribution is 2.37. The standard InChI is InChI=1S/C32H30N4O4/c1-35-28-18-24(25-16-17-36(19-25)32(37)38)12-13-26(28)30(34-35)27-14-15-29(39-20-22-8-4-2-5-9-22)33-31(27)40-21-23-10-6-3-7-11-23/h2-15,18,25H,16-17,19-21H2,1H3,(H,37,38)/t25-/m1/s1. The molecule has 1 aliphatic heterocycles. The molecule has 0 unspecified atom stereocenters. The molecule has 2 aromatic heterocycles. The molecule has 1 amide bonds. The van der Waals surface area contributed by atoms with E-state index in [0.29, 0.717) is 38.1 Å². The van der Waals surface area contributed by atoms with Crippen molar-refractivity contribution in [3.05, 3.63) is 108 Å². The summed E-state index contributed by atoms with van der Waals surface area (Å²) in [5, 5.41) is 15.2. The molecule has 8 nitrogen and oxygen atoms in total. The van der Waals surface area contributed by atoms with E-state index >= 15 is 0 Å². The zero-order chi connectivity index (χ0) is 27.5. The average molecular weight is 535 g/mol. The first-order valence-electron chi connectivity index (χ1n) is 13.3. The van der Waals surface area contributed by atoms with Crippen LogP contribution in [0.2, 0.25) is 0 Å². The van der Waals surface area contributed by atoms with Crippen molar-refractivity contribution < 1.29 is 19.4 Å². The molecular formula is C32H30N4O4. The van der Waals surface area contributed by atoms with Crippen molar-refractivity contribution in [3.63, 3.8) is 0 Å². The maximum Gasteiger partial charge on any atom is 0.407 e. The van der Waals surface area contributed by atoms with Gasteiger partial charge in [0, 0.05) is 37.5 Å². The first-order valence-corrected chi connectivity index (χ1v) is 13.3. The van der Waals surface area contributed by atoms with Crippen LogP contribution < -0.4 is 9.47 Å². The predicted octanol–water partition coefficient (Wildman–Crippen LogP) is 6.26. The van der Waals surface area contributed by atoms with E-state index in [1.807, 2.05) is 84.5 Å². The summed E-state index contributed by atoms with van der Waals surface area (Å²) in [5.74, 6) is 1.10. The van der Waals surface area contributed by atoms with Gasteiger partial charge in [0.05, 0.1) is 11.1 Å². The smallest absolute Gasteiger partial charge is 0.407 e. The topological polar surface area (TPSA) is 89.7 Å². The highest BCUT2D eigenvalue weighted by Gasteiger charge is 2.28. The largest absolute Gasteiger partial charge is 0.473 e. The number of carboxylic acid groups (broad SMARTS) is 1. The maximum absolute atomic E-state index is 11.4. The van der Waals surface area contributed by atoms with Gasteiger partial charge in [-0.3, -0.25) is 4.68 Å². The van der Waals surface area contributed by atoms with Gasteiger partial charge in [0.2, 0.25) is 11.8 Å². The molecule has 1 fully saturated rings. The Bertz CT molecular complexity index is 1640. The van der Waals surface area contributed by atoms with Crippen LogP contribution in [-0.2, 0) is 20.3 Å². The van der Waals surface area contributed by atoms with Crippen LogP contribution in [0, 0.1) is 0 Å². The SMILES string of the molecule is Cn1nc(-c2ccc(OCc3ccccc3)nc2OCc2ccccc2)c2ccc([C@@H]3CCN(C(=O)O)C3)cc21. The van der Waals surface area contributed by atoms with Crippen molar-refractivity contribution >= 4 is 17.0 Å². The van der Waals surface area contributed by atoms with Crippen LogP contribution in [-0.4, -0.2) is 44.0 Å². The number of amides is 1. The van der Waals surface area contributed by atoms with E-state index in [0.717, 1.165) is 45.3 Å². The molecule has 0 spiro atoms. The fourth-order valence-corrected chi connectivity index (χ4v) is 5.18. The molecule has 8 heteroatoms. The van der Waals surface area contributed by atoms with Gasteiger partial charge in [0.1, 0.15) is 18.9 Å². The van der Waals surface area contributed by atoms with Gasteiger partial charge in [0.15, 0.2) is 0 Å². The van der Waals surface area contributed by atoms with Crippen molar-refractivity contribution in [2.24, 2.45) is 7.05 Å². The number of fused-ring (bicyclic) bond motifs is 1. The Kier molecular flexibility index (Phi) is 7.06. The summed E-state index contributed by atoms with van der Waals surface area (Å²) in [5.41, 5.74) is 5.73. The molecule has 0 radical (unpaired) electrons. The highest BCUT2D eigenvalue weighted by molar-refractivity contribution is 5.95. The number of carbonyl (C=O) groups is 1. The Labute approximate surface area is 232 Å². The molecule has 0 bridgehead atoms. The van der Waals surface area contributed by atoms with Crippen LogP contribution in [0.1, 0.15) is 29.0 Å². The number of rotatable bonds is 8. The van der Waals surface area contributed by atoms with Crippen LogP contribution in [0.5, 0.6) is 11.8 Å². The number of hydrogen-bond acceptors (Lipinski definition) is 5. The molecule has 3 heterocycles. The van der Waals surface area contributed by atoms with Gasteiger partial charge >= 0.3 is 6.09 Å². The van der Waals surface area contributed by atoms with Gasteiger partial charge in [0.25, 0.3) is 0 Å². The molecule has 3 aromatic carbocycles. The number of aryl methyl sites for hydroxylation is 1. The first-order chi connectivity index (χ1) is 19.5. The lowest BCUT2D eigenvalue weighted by atomic mass is 9.96. The van der Waals surface area contributed by atoms with Crippen LogP contribution >= 0.6 is 0 Å². The summed E-state index contributed by atoms with van der Waals surface area (Å²) in [6, 6.07) is 30.0. The Morgan fingerprint density at radius 2 is 1.62 bits per heavy atom. The lowest BCUT2D eigenvalue weighted by Crippen LogP contribution is -2.26. The third-order valence-corrected chi connectivity index (χ3v) is 7.34. The van der Waals surface area contributed by atoms with Gasteiger partial charge < -0.3 is 19.5 Å². The third-order valence-electron chi connectivity index (χ3n) is 7.34. The molecule has 40 heavy (non-hydrogen) atoms. The molecule has 0 aliphatic carbocycles. The Morgan fingerprint density at radius 3 is 2.30 bits per heavy atom. The van der Waals surface area contributed by atoms with Gasteiger partial charge in [-0.1, -0.05) is 72.8 Å². The summed E-state index contributed by atoms with van der Waals surface area (Å²) >= 11 is 0. The van der Waals surface area contributed by atoms with Crippen LogP contribution in [0.25, 0.3) is 22.2 Å². The molecular weight excluding hydrogens is 504 g/mol. The molecule has 6 rings (SSSR count). The minimum Gasteiger partial charge on any atom is -0.473 e. The number of ether oxygens (including phenoxy) is 2. The second-order valence-electron chi connectivity index (χ2n) is 10.0. The lowest BCUT2D eigenvalue weighted by Gasteiger charge is -2.13. The van der Waals surface area contributed by atoms with Crippen molar-refractivity contribution in [2.75, 3.05) is 13.1 Å². The summed E-state index contributed by atoms with van der Waals surface area (Å²) in [6.07, 6.45) is -0.0490. The van der Waals surface area contributed by atoms with E-state index in [1.165, 1.54) is 4.90 Å². The average Bonchev–Trinajstić information content (AvgIpc) is 3.61. The Balaban J connectivity index is 1.32. The van der Waals surface area contributed by atoms with Crippen LogP contribution in [0.4, 0.5) is 4.79 Å². The van der Waals surface area contributed by atoms with Gasteiger partial charge in [-0.05, 0) is 35.2 Å². The number of aromatic nitrogens is 3. The van der Waals surface area contributed by atoms with Crippen molar-refractivity contribution in [1.29, 1.82) is 0 Å². The molecule has 5 aromatic rings. The molecule has 1 atom stereocenters. The monoisotopic (exact) mass is 534 g/mol. The van der Waals surface area contributed by atoms with E-state index < -0.39 is 6.09 Å². The number of likely N-dealkylation sites (tertiary alicyclic amines) is 1. The van der Waals surface area contributed by atoms with Crippen molar-refractivity contribution in [3.8, 4) is 23.0 Å². The van der Waals surface area contributed by atoms with E-state index in [9.17, 15) is 9.90 Å². The number of pyridine rings is 1. The second kappa shape index (κ2) is 11.1. The van der Waals surface area contributed by atoms with Gasteiger partial charge in [-0.25, -0.2) is 4.79 Å². The molecule has 1 aliphatic rings. The van der Waals surface area contributed by atoms with E-state index in [4.69, 9.17) is 19.6 Å². The molecule has 1 saturated heterocycles. The van der Waals surface area contributed by atoms with Crippen LogP contribution in [0.3, 0.4) is 0 Å². The van der Waals surface area contributed by atoms with E-state index in [-0.39, 0.29) is 5.92 Å². The summed E-state index contributed by atoms with van der Waals surface area (Å²) < 4.78 is 14.1. The number of hydrogen-bond donors (Lipinski definition) is 1. The van der Waals surface area contributed by atoms with Gasteiger partial charge in [-0.2, -0.15) is 10.1 Å². The zero-order valence-electron chi connectivity index (χ0n) is 22.2. The number of nitrogens with zero attached hydrogens (tertiary/aromatic N) is 4. The summed E-state index contributed by atoms with van der Waals surface area (Å²) in [6.45, 7) is 1.83. The van der Waals surface area contributed by atoms with Crippen molar-refractivity contribution in [1.82, 2.24) is 19.7 Å². The Morgan fingerprint density at radius 1 is 0.925 bits per heavy atom. The normalized spacial score (nSPS) is 14.9. The van der Waals surface area contributed by atoms with E-state index in [1.54, 1.807) is 0 Å². The third kappa shape index (κ3) is 5.33. The van der Waals surface area contributed by atoms with Crippen LogP contribution in [0.15, 0.2) is 91.0 Å². The minimum absolute atomic E-state index is 0.173. The minimum atomic E-state index is -0.863. The summed E-state index contributed by atoms with van der Waals surface area (Å²) in [7, 11) is 1.92.